The molecule has 1 saturated heterocycles. The zero-order valence-electron chi connectivity index (χ0n) is 28.5. The number of aliphatic carboxylic acids is 2. The predicted molar refractivity (Wildman–Crippen MR) is 178 cm³/mol. The van der Waals surface area contributed by atoms with E-state index in [1.807, 2.05) is 17.0 Å². The molecule has 1 atom stereocenters. The van der Waals surface area contributed by atoms with Gasteiger partial charge in [-0.05, 0) is 63.0 Å². The topological polar surface area (TPSA) is 166 Å². The SMILES string of the molecule is COc1cc(CCCN2CCCN(CCCC(=O)Nc3cc(OC)c(OC)c(OC)c3)C(/C(=C\C(=O)O)C(=O)O)C2)cc(OC)c1OC. The Morgan fingerprint density at radius 3 is 1.85 bits per heavy atom. The van der Waals surface area contributed by atoms with Crippen LogP contribution in [0, 0.1) is 0 Å². The Bertz CT molecular complexity index is 1400. The minimum absolute atomic E-state index is 0.156. The number of ether oxygens (including phenoxy) is 6. The molecule has 14 nitrogen and oxygen atoms in total. The molecule has 1 unspecified atom stereocenters. The van der Waals surface area contributed by atoms with E-state index >= 15 is 0 Å². The number of benzene rings is 2. The number of carbonyl (C=O) groups is 3. The van der Waals surface area contributed by atoms with E-state index in [-0.39, 0.29) is 17.9 Å². The van der Waals surface area contributed by atoms with Gasteiger partial charge in [0, 0.05) is 43.4 Å². The summed E-state index contributed by atoms with van der Waals surface area (Å²) >= 11 is 0. The number of rotatable bonds is 18. The van der Waals surface area contributed by atoms with Crippen molar-refractivity contribution in [1.29, 1.82) is 0 Å². The Balaban J connectivity index is 1.69. The molecule has 264 valence electrons. The Hall–Kier alpha value is -4.69. The average Bonchev–Trinajstić information content (AvgIpc) is 3.27. The maximum Gasteiger partial charge on any atom is 0.333 e. The van der Waals surface area contributed by atoms with Gasteiger partial charge >= 0.3 is 11.9 Å². The van der Waals surface area contributed by atoms with E-state index in [2.05, 4.69) is 10.2 Å². The summed E-state index contributed by atoms with van der Waals surface area (Å²) in [5.74, 6) is 0.00998. The van der Waals surface area contributed by atoms with E-state index in [1.165, 1.54) is 21.3 Å². The van der Waals surface area contributed by atoms with Crippen LogP contribution >= 0.6 is 0 Å². The van der Waals surface area contributed by atoms with Gasteiger partial charge in [0.2, 0.25) is 17.4 Å². The Labute approximate surface area is 281 Å². The molecule has 1 heterocycles. The van der Waals surface area contributed by atoms with Gasteiger partial charge in [-0.3, -0.25) is 9.69 Å². The highest BCUT2D eigenvalue weighted by molar-refractivity contribution is 5.95. The van der Waals surface area contributed by atoms with E-state index in [4.69, 9.17) is 28.4 Å². The van der Waals surface area contributed by atoms with Crippen molar-refractivity contribution in [3.05, 3.63) is 41.5 Å². The Morgan fingerprint density at radius 2 is 1.35 bits per heavy atom. The third-order valence-corrected chi connectivity index (χ3v) is 8.14. The second-order valence-electron chi connectivity index (χ2n) is 11.2. The fraction of sp³-hybridized carbons (Fsp3) is 0.500. The second kappa shape index (κ2) is 18.6. The monoisotopic (exact) mass is 673 g/mol. The lowest BCUT2D eigenvalue weighted by atomic mass is 10.0. The number of methoxy groups -OCH3 is 6. The number of amides is 1. The zero-order valence-corrected chi connectivity index (χ0v) is 28.5. The summed E-state index contributed by atoms with van der Waals surface area (Å²) in [4.78, 5) is 41.0. The summed E-state index contributed by atoms with van der Waals surface area (Å²) < 4.78 is 32.4. The highest BCUT2D eigenvalue weighted by atomic mass is 16.5. The van der Waals surface area contributed by atoms with Crippen LogP contribution in [0.1, 0.15) is 31.2 Å². The quantitative estimate of drug-likeness (QED) is 0.197. The number of nitrogens with zero attached hydrogens (tertiary/aromatic N) is 2. The minimum Gasteiger partial charge on any atom is -0.493 e. The van der Waals surface area contributed by atoms with Crippen LogP contribution in [0.15, 0.2) is 35.9 Å². The first-order valence-corrected chi connectivity index (χ1v) is 15.6. The van der Waals surface area contributed by atoms with Crippen molar-refractivity contribution in [2.75, 3.05) is 80.7 Å². The molecule has 1 aliphatic heterocycles. The number of anilines is 1. The molecule has 3 rings (SSSR count). The van der Waals surface area contributed by atoms with Crippen LogP contribution in [0.5, 0.6) is 34.5 Å². The van der Waals surface area contributed by atoms with Crippen molar-refractivity contribution in [3.63, 3.8) is 0 Å². The van der Waals surface area contributed by atoms with Crippen LogP contribution in [0.4, 0.5) is 5.69 Å². The molecule has 0 spiro atoms. The van der Waals surface area contributed by atoms with Gasteiger partial charge in [-0.2, -0.15) is 0 Å². The molecule has 0 aromatic heterocycles. The molecule has 0 bridgehead atoms. The third-order valence-electron chi connectivity index (χ3n) is 8.14. The Kier molecular flexibility index (Phi) is 14.6. The van der Waals surface area contributed by atoms with Gasteiger partial charge < -0.3 is 48.9 Å². The first-order chi connectivity index (χ1) is 23.1. The van der Waals surface area contributed by atoms with Gasteiger partial charge in [0.25, 0.3) is 0 Å². The number of aryl methyl sites for hydroxylation is 1. The maximum atomic E-state index is 12.9. The van der Waals surface area contributed by atoms with E-state index in [9.17, 15) is 24.6 Å². The molecular weight excluding hydrogens is 626 g/mol. The van der Waals surface area contributed by atoms with Crippen LogP contribution in [0.25, 0.3) is 0 Å². The molecule has 14 heteroatoms. The van der Waals surface area contributed by atoms with E-state index in [0.29, 0.717) is 85.7 Å². The van der Waals surface area contributed by atoms with Crippen LogP contribution in [-0.4, -0.2) is 119 Å². The number of hydrogen-bond acceptors (Lipinski definition) is 11. The second-order valence-corrected chi connectivity index (χ2v) is 11.2. The number of carboxylic acid groups (broad SMARTS) is 2. The van der Waals surface area contributed by atoms with Crippen molar-refractivity contribution in [3.8, 4) is 34.5 Å². The predicted octanol–water partition coefficient (Wildman–Crippen LogP) is 3.56. The number of hydrogen-bond donors (Lipinski definition) is 3. The van der Waals surface area contributed by atoms with Gasteiger partial charge in [0.05, 0.1) is 54.3 Å². The third kappa shape index (κ3) is 10.2. The number of nitrogens with one attached hydrogen (secondary N) is 1. The molecule has 0 radical (unpaired) electrons. The summed E-state index contributed by atoms with van der Waals surface area (Å²) in [6.45, 7) is 2.66. The first kappa shape index (κ1) is 37.8. The van der Waals surface area contributed by atoms with Crippen LogP contribution in [0.3, 0.4) is 0 Å². The number of carboxylic acids is 2. The lowest BCUT2D eigenvalue weighted by molar-refractivity contribution is -0.135. The van der Waals surface area contributed by atoms with Gasteiger partial charge in [0.1, 0.15) is 0 Å². The normalized spacial score (nSPS) is 15.6. The Morgan fingerprint density at radius 1 is 0.792 bits per heavy atom. The average molecular weight is 674 g/mol. The number of carbonyl (C=O) groups excluding carboxylic acids is 1. The molecule has 48 heavy (non-hydrogen) atoms. The van der Waals surface area contributed by atoms with Crippen molar-refractivity contribution in [1.82, 2.24) is 9.80 Å². The summed E-state index contributed by atoms with van der Waals surface area (Å²) in [7, 11) is 9.15. The summed E-state index contributed by atoms with van der Waals surface area (Å²) in [5, 5.41) is 22.4. The molecule has 1 fully saturated rings. The molecule has 0 saturated carbocycles. The first-order valence-electron chi connectivity index (χ1n) is 15.6. The largest absolute Gasteiger partial charge is 0.493 e. The fourth-order valence-electron chi connectivity index (χ4n) is 5.91. The molecule has 0 aliphatic carbocycles. The van der Waals surface area contributed by atoms with Gasteiger partial charge in [-0.15, -0.1) is 0 Å². The van der Waals surface area contributed by atoms with Gasteiger partial charge in [-0.1, -0.05) is 0 Å². The fourth-order valence-corrected chi connectivity index (χ4v) is 5.91. The highest BCUT2D eigenvalue weighted by Gasteiger charge is 2.31. The highest BCUT2D eigenvalue weighted by Crippen LogP contribution is 2.40. The van der Waals surface area contributed by atoms with Crippen molar-refractivity contribution in [2.24, 2.45) is 0 Å². The van der Waals surface area contributed by atoms with Crippen LogP contribution < -0.4 is 33.7 Å². The van der Waals surface area contributed by atoms with E-state index in [0.717, 1.165) is 24.5 Å². The lowest BCUT2D eigenvalue weighted by Crippen LogP contribution is -2.45. The van der Waals surface area contributed by atoms with Gasteiger partial charge in [0.15, 0.2) is 23.0 Å². The van der Waals surface area contributed by atoms with Crippen molar-refractivity contribution in [2.45, 2.75) is 38.1 Å². The van der Waals surface area contributed by atoms with Gasteiger partial charge in [-0.25, -0.2) is 9.59 Å². The lowest BCUT2D eigenvalue weighted by Gasteiger charge is -2.32. The summed E-state index contributed by atoms with van der Waals surface area (Å²) in [6, 6.07) is 6.40. The molecule has 1 aliphatic rings. The molecule has 3 N–H and O–H groups in total. The van der Waals surface area contributed by atoms with Crippen molar-refractivity contribution >= 4 is 23.5 Å². The summed E-state index contributed by atoms with van der Waals surface area (Å²) in [5.41, 5.74) is 1.28. The van der Waals surface area contributed by atoms with E-state index < -0.39 is 18.0 Å². The van der Waals surface area contributed by atoms with E-state index in [1.54, 1.807) is 33.5 Å². The standard InChI is InChI=1S/C34H47N3O11/c1-43-26-16-22(17-27(44-2)32(26)47-5)10-7-12-36-13-9-15-37(25(21-36)24(34(41)42)20-31(39)40)14-8-11-30(38)35-23-18-28(45-3)33(48-6)29(19-23)46-4/h16-20,25H,7-15,21H2,1-6H3,(H,35,38)(H,39,40)(H,41,42)/b24-20+. The van der Waals surface area contributed by atoms with Crippen LogP contribution in [-0.2, 0) is 20.8 Å². The molecule has 1 amide bonds. The van der Waals surface area contributed by atoms with Crippen molar-refractivity contribution < 1.29 is 53.0 Å². The molecular formula is C34H47N3O11. The zero-order chi connectivity index (χ0) is 35.2. The maximum absolute atomic E-state index is 12.9. The smallest absolute Gasteiger partial charge is 0.333 e. The van der Waals surface area contributed by atoms with Crippen LogP contribution in [0.2, 0.25) is 0 Å². The summed E-state index contributed by atoms with van der Waals surface area (Å²) in [6.07, 6.45) is 3.57. The molecule has 2 aromatic carbocycles. The minimum atomic E-state index is -1.32. The molecule has 2 aromatic rings.